The van der Waals surface area contributed by atoms with E-state index in [1.807, 2.05) is 6.92 Å². The minimum atomic E-state index is -2.62. The van der Waals surface area contributed by atoms with Gasteiger partial charge >= 0.3 is 0 Å². The van der Waals surface area contributed by atoms with Crippen molar-refractivity contribution in [3.8, 4) is 0 Å². The SMILES string of the molecule is C/C=C/C(F)(F)CC(CC)CC(C)C.CC(C)CC1(C)CCCC1.CC(C)CC1CC(F)(F)C1. The lowest BCUT2D eigenvalue weighted by Gasteiger charge is -2.35. The fraction of sp³-hybridized carbons (Fsp3) is 0.933. The minimum absolute atomic E-state index is 0.00792. The summed E-state index contributed by atoms with van der Waals surface area (Å²) in [7, 11) is 0. The maximum Gasteiger partial charge on any atom is 0.266 e. The zero-order valence-corrected chi connectivity index (χ0v) is 23.8. The second-order valence-corrected chi connectivity index (χ2v) is 12.7. The first-order valence-electron chi connectivity index (χ1n) is 13.9. The molecule has 1 unspecified atom stereocenters. The zero-order valence-electron chi connectivity index (χ0n) is 23.8. The summed E-state index contributed by atoms with van der Waals surface area (Å²) in [6.07, 6.45) is 12.7. The van der Waals surface area contributed by atoms with E-state index in [9.17, 15) is 17.6 Å². The third-order valence-corrected chi connectivity index (χ3v) is 7.04. The first kappa shape index (κ1) is 33.5. The highest BCUT2D eigenvalue weighted by Crippen LogP contribution is 2.45. The second-order valence-electron chi connectivity index (χ2n) is 12.7. The third-order valence-electron chi connectivity index (χ3n) is 7.04. The standard InChI is InChI=1S/C12H22F2.C10H20.C8H14F2/c1-5-7-12(13,14)9-11(6-2)8-10(3)4;1-9(2)8-10(3)6-4-5-7-10;1-6(2)3-7-4-8(9,10)5-7/h5,7,10-11H,6,8-9H2,1-4H3;9H,4-8H2,1-3H3;6-7H,3-5H2,1-2H3/b7-5+;;. The molecule has 0 amide bonds. The number of rotatable bonds is 10. The molecule has 204 valence electrons. The molecule has 0 bridgehead atoms. The molecule has 34 heavy (non-hydrogen) atoms. The average molecular weight is 493 g/mol. The first-order chi connectivity index (χ1) is 15.5. The number of allylic oxidation sites excluding steroid dienone is 2. The Morgan fingerprint density at radius 3 is 1.79 bits per heavy atom. The average Bonchev–Trinajstić information content (AvgIpc) is 3.04. The summed E-state index contributed by atoms with van der Waals surface area (Å²) >= 11 is 0. The molecule has 0 aromatic heterocycles. The largest absolute Gasteiger partial charge is 0.266 e. The molecular formula is C30H56F4. The molecule has 2 rings (SSSR count). The van der Waals surface area contributed by atoms with Crippen molar-refractivity contribution in [1.82, 2.24) is 0 Å². The van der Waals surface area contributed by atoms with Gasteiger partial charge in [0.2, 0.25) is 5.92 Å². The number of halogens is 4. The van der Waals surface area contributed by atoms with Crippen LogP contribution < -0.4 is 0 Å². The molecule has 2 aliphatic carbocycles. The van der Waals surface area contributed by atoms with Crippen molar-refractivity contribution in [2.24, 2.45) is 35.0 Å². The summed E-state index contributed by atoms with van der Waals surface area (Å²) < 4.78 is 50.9. The van der Waals surface area contributed by atoms with Crippen LogP contribution >= 0.6 is 0 Å². The Morgan fingerprint density at radius 1 is 0.912 bits per heavy atom. The van der Waals surface area contributed by atoms with Gasteiger partial charge in [-0.2, -0.15) is 0 Å². The van der Waals surface area contributed by atoms with E-state index in [1.54, 1.807) is 6.92 Å². The molecule has 0 nitrogen and oxygen atoms in total. The molecule has 2 fully saturated rings. The predicted molar refractivity (Wildman–Crippen MR) is 141 cm³/mol. The predicted octanol–water partition coefficient (Wildman–Crippen LogP) is 11.4. The molecule has 4 heteroatoms. The van der Waals surface area contributed by atoms with Crippen molar-refractivity contribution in [3.63, 3.8) is 0 Å². The van der Waals surface area contributed by atoms with Crippen LogP contribution in [0, 0.1) is 35.0 Å². The maximum absolute atomic E-state index is 13.2. The van der Waals surface area contributed by atoms with Crippen LogP contribution in [0.25, 0.3) is 0 Å². The van der Waals surface area contributed by atoms with Crippen LogP contribution in [-0.2, 0) is 0 Å². The number of hydrogen-bond donors (Lipinski definition) is 0. The molecule has 2 saturated carbocycles. The van der Waals surface area contributed by atoms with Gasteiger partial charge in [0.25, 0.3) is 5.92 Å². The highest BCUT2D eigenvalue weighted by Gasteiger charge is 2.44. The van der Waals surface area contributed by atoms with Crippen molar-refractivity contribution in [1.29, 1.82) is 0 Å². The Bertz CT molecular complexity index is 531. The molecule has 0 spiro atoms. The molecule has 1 atom stereocenters. The maximum atomic E-state index is 13.2. The monoisotopic (exact) mass is 492 g/mol. The van der Waals surface area contributed by atoms with Crippen LogP contribution in [0.15, 0.2) is 12.2 Å². The second kappa shape index (κ2) is 15.5. The summed E-state index contributed by atoms with van der Waals surface area (Å²) in [6.45, 7) is 19.1. The van der Waals surface area contributed by atoms with Crippen LogP contribution in [0.4, 0.5) is 17.6 Å². The Hall–Kier alpha value is -0.540. The molecular weight excluding hydrogens is 436 g/mol. The van der Waals surface area contributed by atoms with E-state index < -0.39 is 11.8 Å². The molecule has 0 saturated heterocycles. The lowest BCUT2D eigenvalue weighted by molar-refractivity contribution is -0.114. The van der Waals surface area contributed by atoms with E-state index >= 15 is 0 Å². The minimum Gasteiger partial charge on any atom is -0.207 e. The van der Waals surface area contributed by atoms with Crippen LogP contribution in [0.2, 0.25) is 0 Å². The van der Waals surface area contributed by atoms with Crippen molar-refractivity contribution in [3.05, 3.63) is 12.2 Å². The van der Waals surface area contributed by atoms with E-state index in [0.29, 0.717) is 23.2 Å². The quantitative estimate of drug-likeness (QED) is 0.210. The van der Waals surface area contributed by atoms with Gasteiger partial charge in [0.05, 0.1) is 0 Å². The van der Waals surface area contributed by atoms with E-state index in [1.165, 1.54) is 38.2 Å². The molecule has 0 aromatic rings. The fourth-order valence-electron chi connectivity index (χ4n) is 5.79. The Labute approximate surface area is 209 Å². The smallest absolute Gasteiger partial charge is 0.207 e. The topological polar surface area (TPSA) is 0 Å². The van der Waals surface area contributed by atoms with Gasteiger partial charge in [0, 0.05) is 19.3 Å². The fourth-order valence-corrected chi connectivity index (χ4v) is 5.79. The van der Waals surface area contributed by atoms with Crippen LogP contribution in [0.5, 0.6) is 0 Å². The van der Waals surface area contributed by atoms with Gasteiger partial charge in [0.15, 0.2) is 0 Å². The Kier molecular flexibility index (Phi) is 15.3. The molecule has 0 aliphatic heterocycles. The highest BCUT2D eigenvalue weighted by molar-refractivity contribution is 4.93. The highest BCUT2D eigenvalue weighted by atomic mass is 19.3. The van der Waals surface area contributed by atoms with Crippen molar-refractivity contribution >= 4 is 0 Å². The molecule has 0 N–H and O–H groups in total. The molecule has 0 heterocycles. The van der Waals surface area contributed by atoms with Crippen LogP contribution in [0.1, 0.15) is 133 Å². The van der Waals surface area contributed by atoms with Crippen molar-refractivity contribution < 1.29 is 17.6 Å². The number of alkyl halides is 4. The molecule has 0 aromatic carbocycles. The Morgan fingerprint density at radius 2 is 1.44 bits per heavy atom. The normalized spacial score (nSPS) is 20.7. The lowest BCUT2D eigenvalue weighted by Crippen LogP contribution is -2.35. The van der Waals surface area contributed by atoms with Gasteiger partial charge in [0.1, 0.15) is 0 Å². The summed E-state index contributed by atoms with van der Waals surface area (Å²) in [4.78, 5) is 0. The van der Waals surface area contributed by atoms with Crippen molar-refractivity contribution in [2.75, 3.05) is 0 Å². The van der Waals surface area contributed by atoms with Gasteiger partial charge < -0.3 is 0 Å². The van der Waals surface area contributed by atoms with Gasteiger partial charge in [-0.3, -0.25) is 0 Å². The molecule has 2 aliphatic rings. The van der Waals surface area contributed by atoms with E-state index in [-0.39, 0.29) is 25.2 Å². The van der Waals surface area contributed by atoms with E-state index in [4.69, 9.17) is 0 Å². The van der Waals surface area contributed by atoms with Crippen LogP contribution in [-0.4, -0.2) is 11.8 Å². The van der Waals surface area contributed by atoms with Crippen LogP contribution in [0.3, 0.4) is 0 Å². The van der Waals surface area contributed by atoms with Gasteiger partial charge in [-0.05, 0) is 80.1 Å². The van der Waals surface area contributed by atoms with Gasteiger partial charge in [-0.1, -0.05) is 80.7 Å². The van der Waals surface area contributed by atoms with E-state index in [2.05, 4.69) is 48.5 Å². The van der Waals surface area contributed by atoms with E-state index in [0.717, 1.165) is 31.3 Å². The zero-order chi connectivity index (χ0) is 26.6. The number of hydrogen-bond acceptors (Lipinski definition) is 0. The summed E-state index contributed by atoms with van der Waals surface area (Å²) in [5.41, 5.74) is 0.716. The summed E-state index contributed by atoms with van der Waals surface area (Å²) in [5.74, 6) is -2.54. The molecule has 0 radical (unpaired) electrons. The third kappa shape index (κ3) is 16.2. The van der Waals surface area contributed by atoms with Gasteiger partial charge in [-0.25, -0.2) is 17.6 Å². The van der Waals surface area contributed by atoms with Crippen molar-refractivity contribution in [2.45, 2.75) is 145 Å². The summed E-state index contributed by atoms with van der Waals surface area (Å²) in [6, 6.07) is 0. The Balaban J connectivity index is 0.000000489. The lowest BCUT2D eigenvalue weighted by atomic mass is 9.77. The summed E-state index contributed by atoms with van der Waals surface area (Å²) in [5, 5.41) is 0. The first-order valence-corrected chi connectivity index (χ1v) is 13.9. The van der Waals surface area contributed by atoms with Gasteiger partial charge in [-0.15, -0.1) is 0 Å².